The van der Waals surface area contributed by atoms with Crippen LogP contribution in [0, 0.1) is 0 Å². The first-order valence-electron chi connectivity index (χ1n) is 11.5. The van der Waals surface area contributed by atoms with Crippen LogP contribution in [-0.2, 0) is 0 Å². The number of amides is 2. The molecule has 1 atom stereocenters. The van der Waals surface area contributed by atoms with Crippen molar-refractivity contribution in [2.45, 2.75) is 18.5 Å². The summed E-state index contributed by atoms with van der Waals surface area (Å²) in [5, 5.41) is 6.53. The van der Waals surface area contributed by atoms with Crippen molar-refractivity contribution in [2.75, 3.05) is 26.2 Å². The molecule has 34 heavy (non-hydrogen) atoms. The normalized spacial score (nSPS) is 18.4. The summed E-state index contributed by atoms with van der Waals surface area (Å²) in [7, 11) is 0. The number of fused-ring (bicyclic) bond motifs is 1. The maximum atomic E-state index is 13.0. The third-order valence-corrected chi connectivity index (χ3v) is 7.37. The average Bonchev–Trinajstić information content (AvgIpc) is 3.61. The zero-order valence-corrected chi connectivity index (χ0v) is 19.4. The molecule has 6 rings (SSSR count). The molecule has 0 radical (unpaired) electrons. The summed E-state index contributed by atoms with van der Waals surface area (Å²) in [5.41, 5.74) is 6.18. The van der Waals surface area contributed by atoms with Crippen LogP contribution in [0.2, 0.25) is 0 Å². The van der Waals surface area contributed by atoms with Crippen LogP contribution >= 0.6 is 11.3 Å². The topological polar surface area (TPSA) is 81.3 Å². The first-order chi connectivity index (χ1) is 16.7. The summed E-state index contributed by atoms with van der Waals surface area (Å²) in [5.74, 6) is 0.0636. The van der Waals surface area contributed by atoms with E-state index in [1.165, 1.54) is 11.3 Å². The molecule has 0 bridgehead atoms. The number of carbonyl (C=O) groups excluding carboxylic acids is 2. The Hall–Kier alpha value is -3.49. The maximum absolute atomic E-state index is 13.0. The van der Waals surface area contributed by atoms with Crippen molar-refractivity contribution in [1.29, 1.82) is 0 Å². The number of carbonyl (C=O) groups is 2. The lowest BCUT2D eigenvalue weighted by molar-refractivity contribution is 0.0553. The third kappa shape index (κ3) is 3.89. The molecule has 2 aliphatic heterocycles. The van der Waals surface area contributed by atoms with Gasteiger partial charge < -0.3 is 20.1 Å². The highest BCUT2D eigenvalue weighted by Gasteiger charge is 2.35. The summed E-state index contributed by atoms with van der Waals surface area (Å²) in [6.07, 6.45) is 2.93. The second-order valence-corrected chi connectivity index (χ2v) is 9.73. The molecule has 2 aromatic carbocycles. The molecule has 2 fully saturated rings. The van der Waals surface area contributed by atoms with Crippen molar-refractivity contribution >= 4 is 34.1 Å². The standard InChI is InChI=1S/C26H25N5O2S/c32-25(18-6-7-21-22(11-27-23(21)10-18)17-4-2-1-3-5-17)31-13-20(14-31)29-19-8-9-30(12-19)26(33)24-15-34-16-28-24/h1-7,10-11,15-16,19-20,27,29H,8-9,12-14H2/t19-/m0/s1. The number of nitrogens with one attached hydrogen (secondary N) is 2. The molecule has 172 valence electrons. The van der Waals surface area contributed by atoms with Gasteiger partial charge in [-0.05, 0) is 24.1 Å². The van der Waals surface area contributed by atoms with Crippen molar-refractivity contribution in [3.8, 4) is 11.1 Å². The Labute approximate surface area is 201 Å². The van der Waals surface area contributed by atoms with Crippen LogP contribution in [0.1, 0.15) is 27.3 Å². The first-order valence-corrected chi connectivity index (χ1v) is 12.5. The molecule has 4 heterocycles. The van der Waals surface area contributed by atoms with E-state index < -0.39 is 0 Å². The van der Waals surface area contributed by atoms with E-state index in [4.69, 9.17) is 0 Å². The smallest absolute Gasteiger partial charge is 0.273 e. The van der Waals surface area contributed by atoms with Crippen LogP contribution in [0.5, 0.6) is 0 Å². The summed E-state index contributed by atoms with van der Waals surface area (Å²) in [4.78, 5) is 36.7. The molecular formula is C26H25N5O2S. The number of hydrogen-bond acceptors (Lipinski definition) is 5. The van der Waals surface area contributed by atoms with Crippen molar-refractivity contribution < 1.29 is 9.59 Å². The highest BCUT2D eigenvalue weighted by atomic mass is 32.1. The lowest BCUT2D eigenvalue weighted by atomic mass is 10.0. The Balaban J connectivity index is 1.05. The molecular weight excluding hydrogens is 446 g/mol. The number of H-pyrrole nitrogens is 1. The van der Waals surface area contributed by atoms with Gasteiger partial charge in [0.15, 0.2) is 0 Å². The zero-order valence-electron chi connectivity index (χ0n) is 18.6. The van der Waals surface area contributed by atoms with E-state index in [-0.39, 0.29) is 23.9 Å². The number of thiazole rings is 1. The van der Waals surface area contributed by atoms with Crippen LogP contribution in [0.4, 0.5) is 0 Å². The minimum atomic E-state index is 0.00564. The van der Waals surface area contributed by atoms with Gasteiger partial charge in [0.1, 0.15) is 5.69 Å². The molecule has 8 heteroatoms. The summed E-state index contributed by atoms with van der Waals surface area (Å²) < 4.78 is 0. The lowest BCUT2D eigenvalue weighted by Crippen LogP contribution is -2.62. The van der Waals surface area contributed by atoms with E-state index >= 15 is 0 Å². The van der Waals surface area contributed by atoms with E-state index in [9.17, 15) is 9.59 Å². The highest BCUT2D eigenvalue weighted by molar-refractivity contribution is 7.07. The van der Waals surface area contributed by atoms with Crippen LogP contribution in [-0.4, -0.2) is 69.8 Å². The minimum Gasteiger partial charge on any atom is -0.361 e. The number of aromatic nitrogens is 2. The molecule has 2 amide bonds. The monoisotopic (exact) mass is 471 g/mol. The fourth-order valence-electron chi connectivity index (χ4n) is 4.94. The largest absolute Gasteiger partial charge is 0.361 e. The van der Waals surface area contributed by atoms with Gasteiger partial charge in [-0.25, -0.2) is 4.98 Å². The number of hydrogen-bond donors (Lipinski definition) is 2. The molecule has 2 aromatic heterocycles. The summed E-state index contributed by atoms with van der Waals surface area (Å²) in [6.45, 7) is 2.80. The van der Waals surface area contributed by atoms with Crippen molar-refractivity contribution in [2.24, 2.45) is 0 Å². The Morgan fingerprint density at radius 1 is 1.00 bits per heavy atom. The van der Waals surface area contributed by atoms with E-state index in [0.717, 1.165) is 35.0 Å². The van der Waals surface area contributed by atoms with Gasteiger partial charge in [-0.15, -0.1) is 11.3 Å². The van der Waals surface area contributed by atoms with E-state index in [1.807, 2.05) is 52.4 Å². The zero-order chi connectivity index (χ0) is 23.1. The fraction of sp³-hybridized carbons (Fsp3) is 0.269. The number of benzene rings is 2. The number of likely N-dealkylation sites (tertiary alicyclic amines) is 2. The van der Waals surface area contributed by atoms with E-state index in [2.05, 4.69) is 27.4 Å². The van der Waals surface area contributed by atoms with Gasteiger partial charge in [-0.1, -0.05) is 36.4 Å². The Morgan fingerprint density at radius 2 is 1.82 bits per heavy atom. The van der Waals surface area contributed by atoms with Crippen LogP contribution in [0.25, 0.3) is 22.0 Å². The van der Waals surface area contributed by atoms with Crippen LogP contribution < -0.4 is 5.32 Å². The molecule has 0 saturated carbocycles. The highest BCUT2D eigenvalue weighted by Crippen LogP contribution is 2.29. The quantitative estimate of drug-likeness (QED) is 0.466. The van der Waals surface area contributed by atoms with Crippen LogP contribution in [0.3, 0.4) is 0 Å². The van der Waals surface area contributed by atoms with E-state index in [1.54, 1.807) is 10.9 Å². The van der Waals surface area contributed by atoms with Gasteiger partial charge in [0.25, 0.3) is 11.8 Å². The second kappa shape index (κ2) is 8.70. The summed E-state index contributed by atoms with van der Waals surface area (Å²) >= 11 is 1.44. The fourth-order valence-corrected chi connectivity index (χ4v) is 5.47. The number of aromatic amines is 1. The predicted octanol–water partition coefficient (Wildman–Crippen LogP) is 3.62. The van der Waals surface area contributed by atoms with Gasteiger partial charge in [-0.2, -0.15) is 0 Å². The molecule has 4 aromatic rings. The average molecular weight is 472 g/mol. The Kier molecular flexibility index (Phi) is 5.39. The van der Waals surface area contributed by atoms with E-state index in [0.29, 0.717) is 30.9 Å². The van der Waals surface area contributed by atoms with Gasteiger partial charge >= 0.3 is 0 Å². The molecule has 0 unspecified atom stereocenters. The van der Waals surface area contributed by atoms with Crippen molar-refractivity contribution in [3.05, 3.63) is 76.9 Å². The predicted molar refractivity (Wildman–Crippen MR) is 133 cm³/mol. The molecule has 7 nitrogen and oxygen atoms in total. The van der Waals surface area contributed by atoms with Crippen LogP contribution in [0.15, 0.2) is 65.6 Å². The molecule has 0 spiro atoms. The molecule has 2 aliphatic rings. The Bertz CT molecular complexity index is 1330. The molecule has 2 N–H and O–H groups in total. The van der Waals surface area contributed by atoms with Crippen molar-refractivity contribution in [3.63, 3.8) is 0 Å². The minimum absolute atomic E-state index is 0.00564. The summed E-state index contributed by atoms with van der Waals surface area (Å²) in [6, 6.07) is 16.7. The first kappa shape index (κ1) is 21.1. The van der Waals surface area contributed by atoms with Gasteiger partial charge in [-0.3, -0.25) is 9.59 Å². The maximum Gasteiger partial charge on any atom is 0.273 e. The lowest BCUT2D eigenvalue weighted by Gasteiger charge is -2.41. The van der Waals surface area contributed by atoms with Gasteiger partial charge in [0.05, 0.1) is 5.51 Å². The molecule has 0 aliphatic carbocycles. The SMILES string of the molecule is O=C(c1ccc2c(-c3ccccc3)c[nH]c2c1)N1CC(N[C@H]2CCN(C(=O)c3cscn3)C2)C1. The molecule has 2 saturated heterocycles. The number of rotatable bonds is 5. The second-order valence-electron chi connectivity index (χ2n) is 9.01. The Morgan fingerprint density at radius 3 is 2.62 bits per heavy atom. The van der Waals surface area contributed by atoms with Gasteiger partial charge in [0.2, 0.25) is 0 Å². The number of nitrogens with zero attached hydrogens (tertiary/aromatic N) is 3. The van der Waals surface area contributed by atoms with Crippen molar-refractivity contribution in [1.82, 2.24) is 25.1 Å². The third-order valence-electron chi connectivity index (χ3n) is 6.78. The van der Waals surface area contributed by atoms with Gasteiger partial charge in [0, 0.05) is 71.9 Å².